The summed E-state index contributed by atoms with van der Waals surface area (Å²) in [6.07, 6.45) is 2.59. The fourth-order valence-electron chi connectivity index (χ4n) is 3.97. The number of carboxylic acid groups (broad SMARTS) is 1. The van der Waals surface area contributed by atoms with E-state index >= 15 is 0 Å². The Labute approximate surface area is 172 Å². The normalized spacial score (nSPS) is 19.3. The van der Waals surface area contributed by atoms with Gasteiger partial charge in [0.15, 0.2) is 0 Å². The van der Waals surface area contributed by atoms with E-state index in [1.807, 2.05) is 24.3 Å². The van der Waals surface area contributed by atoms with Crippen LogP contribution < -0.4 is 0 Å². The number of carbonyl (C=O) groups is 1. The van der Waals surface area contributed by atoms with Crippen LogP contribution in [0.5, 0.6) is 0 Å². The van der Waals surface area contributed by atoms with Crippen molar-refractivity contribution in [2.45, 2.75) is 31.3 Å². The molecular formula is C21H19Cl2NO2S. The van der Waals surface area contributed by atoms with Gasteiger partial charge in [-0.2, -0.15) is 0 Å². The van der Waals surface area contributed by atoms with Crippen molar-refractivity contribution in [3.8, 4) is 0 Å². The fraction of sp³-hybridized carbons (Fsp3) is 0.286. The molecular weight excluding hydrogens is 401 g/mol. The van der Waals surface area contributed by atoms with Crippen LogP contribution in [0.15, 0.2) is 47.8 Å². The van der Waals surface area contributed by atoms with E-state index in [4.69, 9.17) is 23.2 Å². The number of fused-ring (bicyclic) bond motifs is 1. The third-order valence-corrected chi connectivity index (χ3v) is 6.95. The van der Waals surface area contributed by atoms with Crippen LogP contribution >= 0.6 is 34.5 Å². The molecule has 1 saturated heterocycles. The second-order valence-electron chi connectivity index (χ2n) is 6.85. The molecule has 27 heavy (non-hydrogen) atoms. The molecule has 0 aliphatic carbocycles. The van der Waals surface area contributed by atoms with Gasteiger partial charge in [0.25, 0.3) is 0 Å². The lowest BCUT2D eigenvalue weighted by Crippen LogP contribution is -2.46. The Balaban J connectivity index is 1.89. The van der Waals surface area contributed by atoms with E-state index in [9.17, 15) is 9.90 Å². The van der Waals surface area contributed by atoms with E-state index in [1.165, 1.54) is 4.70 Å². The molecule has 3 nitrogen and oxygen atoms in total. The molecule has 1 aliphatic rings. The zero-order valence-electron chi connectivity index (χ0n) is 14.6. The highest BCUT2D eigenvalue weighted by atomic mass is 35.5. The van der Waals surface area contributed by atoms with Crippen LogP contribution in [0.2, 0.25) is 10.0 Å². The summed E-state index contributed by atoms with van der Waals surface area (Å²) < 4.78 is 1.20. The Morgan fingerprint density at radius 2 is 1.96 bits per heavy atom. The van der Waals surface area contributed by atoms with E-state index in [-0.39, 0.29) is 6.04 Å². The van der Waals surface area contributed by atoms with Crippen molar-refractivity contribution < 1.29 is 9.90 Å². The average Bonchev–Trinajstić information content (AvgIpc) is 3.09. The zero-order chi connectivity index (χ0) is 19.0. The first kappa shape index (κ1) is 18.8. The molecule has 2 atom stereocenters. The molecule has 0 amide bonds. The predicted molar refractivity (Wildman–Crippen MR) is 112 cm³/mol. The number of thiophene rings is 1. The average molecular weight is 420 g/mol. The number of piperidine rings is 1. The smallest absolute Gasteiger partial charge is 0.320 e. The Hall–Kier alpha value is -1.59. The number of rotatable bonds is 4. The van der Waals surface area contributed by atoms with Gasteiger partial charge in [0, 0.05) is 4.70 Å². The van der Waals surface area contributed by atoms with Crippen LogP contribution in [0.3, 0.4) is 0 Å². The molecule has 1 aliphatic heterocycles. The standard InChI is InChI=1S/C21H19Cl2NO2S/c22-16-9-8-13(11-17(16)23)20(24-10-4-3-6-18(24)21(25)26)15-12-27-19-7-2-1-5-14(15)19/h1-2,5,7-9,11-12,18,20H,3-4,6,10H2,(H,25,26). The van der Waals surface area contributed by atoms with Crippen LogP contribution in [-0.4, -0.2) is 28.6 Å². The molecule has 0 spiro atoms. The molecule has 2 heterocycles. The number of benzene rings is 2. The van der Waals surface area contributed by atoms with Gasteiger partial charge < -0.3 is 5.11 Å². The summed E-state index contributed by atoms with van der Waals surface area (Å²) in [5.41, 5.74) is 2.10. The lowest BCUT2D eigenvalue weighted by Gasteiger charge is -2.39. The number of carboxylic acids is 1. The van der Waals surface area contributed by atoms with Crippen molar-refractivity contribution in [2.24, 2.45) is 0 Å². The maximum atomic E-state index is 12.0. The van der Waals surface area contributed by atoms with Crippen molar-refractivity contribution in [1.29, 1.82) is 0 Å². The monoisotopic (exact) mass is 419 g/mol. The van der Waals surface area contributed by atoms with E-state index in [0.717, 1.165) is 35.9 Å². The number of likely N-dealkylation sites (tertiary alicyclic amines) is 1. The molecule has 0 bridgehead atoms. The quantitative estimate of drug-likeness (QED) is 0.544. The van der Waals surface area contributed by atoms with Crippen LogP contribution in [0.4, 0.5) is 0 Å². The largest absolute Gasteiger partial charge is 0.480 e. The van der Waals surface area contributed by atoms with Crippen molar-refractivity contribution in [3.05, 3.63) is 69.0 Å². The highest BCUT2D eigenvalue weighted by molar-refractivity contribution is 7.17. The maximum absolute atomic E-state index is 12.0. The van der Waals surface area contributed by atoms with Crippen LogP contribution in [0, 0.1) is 0 Å². The fourth-order valence-corrected chi connectivity index (χ4v) is 5.26. The number of halogens is 2. The van der Waals surface area contributed by atoms with Gasteiger partial charge in [-0.05, 0) is 59.5 Å². The minimum Gasteiger partial charge on any atom is -0.480 e. The van der Waals surface area contributed by atoms with Crippen molar-refractivity contribution >= 4 is 50.6 Å². The van der Waals surface area contributed by atoms with Gasteiger partial charge >= 0.3 is 5.97 Å². The highest BCUT2D eigenvalue weighted by Crippen LogP contribution is 2.41. The molecule has 0 saturated carbocycles. The summed E-state index contributed by atoms with van der Waals surface area (Å²) in [5.74, 6) is -0.765. The predicted octanol–water partition coefficient (Wildman–Crippen LogP) is 6.24. The number of aliphatic carboxylic acids is 1. The minimum absolute atomic E-state index is 0.169. The molecule has 2 unspecified atom stereocenters. The van der Waals surface area contributed by atoms with Gasteiger partial charge in [0.1, 0.15) is 6.04 Å². The molecule has 1 fully saturated rings. The van der Waals surface area contributed by atoms with Crippen molar-refractivity contribution in [1.82, 2.24) is 4.90 Å². The Morgan fingerprint density at radius 3 is 2.74 bits per heavy atom. The van der Waals surface area contributed by atoms with Gasteiger partial charge in [0.2, 0.25) is 0 Å². The second kappa shape index (κ2) is 7.80. The lowest BCUT2D eigenvalue weighted by molar-refractivity contribution is -0.145. The van der Waals surface area contributed by atoms with Crippen LogP contribution in [0.25, 0.3) is 10.1 Å². The molecule has 1 N–H and O–H groups in total. The molecule has 4 rings (SSSR count). The first-order valence-electron chi connectivity index (χ1n) is 8.96. The summed E-state index contributed by atoms with van der Waals surface area (Å²) in [6, 6.07) is 13.2. The first-order chi connectivity index (χ1) is 13.1. The van der Waals surface area contributed by atoms with E-state index < -0.39 is 12.0 Å². The first-order valence-corrected chi connectivity index (χ1v) is 10.6. The molecule has 2 aromatic carbocycles. The van der Waals surface area contributed by atoms with Gasteiger partial charge in [0.05, 0.1) is 16.1 Å². The molecule has 140 valence electrons. The van der Waals surface area contributed by atoms with E-state index in [2.05, 4.69) is 22.4 Å². The van der Waals surface area contributed by atoms with E-state index in [0.29, 0.717) is 16.5 Å². The molecule has 3 aromatic rings. The zero-order valence-corrected chi connectivity index (χ0v) is 16.9. The Morgan fingerprint density at radius 1 is 1.15 bits per heavy atom. The summed E-state index contributed by atoms with van der Waals surface area (Å²) in [7, 11) is 0. The minimum atomic E-state index is -0.765. The highest BCUT2D eigenvalue weighted by Gasteiger charge is 2.36. The summed E-state index contributed by atoms with van der Waals surface area (Å²) >= 11 is 14.1. The van der Waals surface area contributed by atoms with Crippen LogP contribution in [0.1, 0.15) is 36.4 Å². The Bertz CT molecular complexity index is 987. The van der Waals surface area contributed by atoms with Crippen LogP contribution in [-0.2, 0) is 4.79 Å². The van der Waals surface area contributed by atoms with Crippen molar-refractivity contribution in [2.75, 3.05) is 6.54 Å². The van der Waals surface area contributed by atoms with Gasteiger partial charge in [-0.25, -0.2) is 0 Å². The SMILES string of the molecule is O=C(O)C1CCCCN1C(c1ccc(Cl)c(Cl)c1)c1csc2ccccc12. The number of nitrogens with zero attached hydrogens (tertiary/aromatic N) is 1. The topological polar surface area (TPSA) is 40.5 Å². The molecule has 1 aromatic heterocycles. The van der Waals surface area contributed by atoms with Gasteiger partial charge in [-0.1, -0.05) is 53.9 Å². The third kappa shape index (κ3) is 3.59. The summed E-state index contributed by atoms with van der Waals surface area (Å²) in [4.78, 5) is 14.1. The summed E-state index contributed by atoms with van der Waals surface area (Å²) in [6.45, 7) is 0.742. The number of hydrogen-bond acceptors (Lipinski definition) is 3. The van der Waals surface area contributed by atoms with Gasteiger partial charge in [-0.3, -0.25) is 9.69 Å². The van der Waals surface area contributed by atoms with Gasteiger partial charge in [-0.15, -0.1) is 11.3 Å². The van der Waals surface area contributed by atoms with Crippen molar-refractivity contribution in [3.63, 3.8) is 0 Å². The molecule has 6 heteroatoms. The third-order valence-electron chi connectivity index (χ3n) is 5.23. The second-order valence-corrected chi connectivity index (χ2v) is 8.58. The summed E-state index contributed by atoms with van der Waals surface area (Å²) in [5, 5.41) is 14.1. The Kier molecular flexibility index (Phi) is 5.42. The number of hydrogen-bond donors (Lipinski definition) is 1. The molecule has 0 radical (unpaired) electrons. The van der Waals surface area contributed by atoms with E-state index in [1.54, 1.807) is 17.4 Å². The maximum Gasteiger partial charge on any atom is 0.320 e. The lowest BCUT2D eigenvalue weighted by atomic mass is 9.91.